The van der Waals surface area contributed by atoms with Crippen molar-refractivity contribution in [2.24, 2.45) is 0 Å². The number of carboxylic acids is 1. The summed E-state index contributed by atoms with van der Waals surface area (Å²) in [5.74, 6) is -1.38. The predicted octanol–water partition coefficient (Wildman–Crippen LogP) is 2.04. The summed E-state index contributed by atoms with van der Waals surface area (Å²) in [6, 6.07) is 3.19. The number of nitrogens with one attached hydrogen (secondary N) is 1. The third-order valence-corrected chi connectivity index (χ3v) is 3.71. The Labute approximate surface area is 119 Å². The Morgan fingerprint density at radius 3 is 2.80 bits per heavy atom. The van der Waals surface area contributed by atoms with Gasteiger partial charge in [0.2, 0.25) is 0 Å². The number of thiazole rings is 1. The van der Waals surface area contributed by atoms with Crippen molar-refractivity contribution in [2.45, 2.75) is 19.9 Å². The molecule has 0 spiro atoms. The number of hydrogen-bond donors (Lipinski definition) is 2. The summed E-state index contributed by atoms with van der Waals surface area (Å²) in [7, 11) is 0. The maximum Gasteiger partial charge on any atom is 0.355 e. The van der Waals surface area contributed by atoms with E-state index in [2.05, 4.69) is 15.3 Å². The van der Waals surface area contributed by atoms with Gasteiger partial charge in [-0.05, 0) is 25.5 Å². The molecule has 104 valence electrons. The Bertz CT molecular complexity index is 654. The third-order valence-electron chi connectivity index (χ3n) is 2.68. The first-order valence-corrected chi connectivity index (χ1v) is 6.78. The molecule has 0 bridgehead atoms. The first kappa shape index (κ1) is 14.1. The summed E-state index contributed by atoms with van der Waals surface area (Å²) in [5.41, 5.74) is 1.12. The summed E-state index contributed by atoms with van der Waals surface area (Å²) in [6.07, 6.45) is 1.55. The molecule has 0 aromatic carbocycles. The Hall–Kier alpha value is -2.28. The van der Waals surface area contributed by atoms with Crippen LogP contribution in [0.4, 0.5) is 0 Å². The van der Waals surface area contributed by atoms with Crippen LogP contribution in [0, 0.1) is 6.92 Å². The van der Waals surface area contributed by atoms with Crippen LogP contribution in [0.3, 0.4) is 0 Å². The molecular weight excluding hydrogens is 278 g/mol. The predicted molar refractivity (Wildman–Crippen MR) is 73.9 cm³/mol. The van der Waals surface area contributed by atoms with E-state index in [0.29, 0.717) is 10.7 Å². The van der Waals surface area contributed by atoms with Crippen molar-refractivity contribution >= 4 is 23.2 Å². The van der Waals surface area contributed by atoms with Crippen LogP contribution in [0.5, 0.6) is 0 Å². The van der Waals surface area contributed by atoms with E-state index in [4.69, 9.17) is 5.11 Å². The van der Waals surface area contributed by atoms with Gasteiger partial charge in [-0.25, -0.2) is 9.78 Å². The number of carbonyl (C=O) groups is 2. The van der Waals surface area contributed by atoms with Crippen LogP contribution >= 0.6 is 11.3 Å². The van der Waals surface area contributed by atoms with E-state index in [1.807, 2.05) is 0 Å². The standard InChI is InChI=1S/C13H13N3O3S/c1-7-4-3-5-14-10(7)11(17)15-8(2)12-16-9(6-20-12)13(18)19/h3-6,8H,1-2H3,(H,15,17)(H,18,19). The molecule has 0 saturated heterocycles. The third kappa shape index (κ3) is 3.00. The first-order valence-electron chi connectivity index (χ1n) is 5.90. The highest BCUT2D eigenvalue weighted by atomic mass is 32.1. The van der Waals surface area contributed by atoms with E-state index >= 15 is 0 Å². The van der Waals surface area contributed by atoms with Crippen LogP contribution < -0.4 is 5.32 Å². The van der Waals surface area contributed by atoms with Gasteiger partial charge in [-0.3, -0.25) is 9.78 Å². The molecule has 1 amide bonds. The van der Waals surface area contributed by atoms with Crippen molar-refractivity contribution in [1.82, 2.24) is 15.3 Å². The number of pyridine rings is 1. The maximum atomic E-state index is 12.1. The first-order chi connectivity index (χ1) is 9.49. The quantitative estimate of drug-likeness (QED) is 0.899. The lowest BCUT2D eigenvalue weighted by molar-refractivity contribution is 0.0691. The molecule has 2 N–H and O–H groups in total. The van der Waals surface area contributed by atoms with Gasteiger partial charge in [-0.15, -0.1) is 11.3 Å². The van der Waals surface area contributed by atoms with Crippen LogP contribution in [0.2, 0.25) is 0 Å². The molecule has 0 aliphatic heterocycles. The lowest BCUT2D eigenvalue weighted by Gasteiger charge is -2.11. The second kappa shape index (κ2) is 5.79. The minimum atomic E-state index is -1.08. The lowest BCUT2D eigenvalue weighted by atomic mass is 10.2. The highest BCUT2D eigenvalue weighted by molar-refractivity contribution is 7.09. The van der Waals surface area contributed by atoms with Crippen LogP contribution in [-0.2, 0) is 0 Å². The van der Waals surface area contributed by atoms with E-state index in [-0.39, 0.29) is 17.6 Å². The molecule has 0 fully saturated rings. The lowest BCUT2D eigenvalue weighted by Crippen LogP contribution is -2.28. The smallest absolute Gasteiger partial charge is 0.355 e. The number of nitrogens with zero attached hydrogens (tertiary/aromatic N) is 2. The van der Waals surface area contributed by atoms with Crippen molar-refractivity contribution in [2.75, 3.05) is 0 Å². The summed E-state index contributed by atoms with van der Waals surface area (Å²) in [6.45, 7) is 3.55. The molecule has 0 aliphatic carbocycles. The molecule has 2 rings (SSSR count). The molecule has 1 atom stereocenters. The van der Waals surface area contributed by atoms with Crippen LogP contribution in [0.15, 0.2) is 23.7 Å². The fraction of sp³-hybridized carbons (Fsp3) is 0.231. The number of aromatic nitrogens is 2. The topological polar surface area (TPSA) is 92.2 Å². The average molecular weight is 291 g/mol. The summed E-state index contributed by atoms with van der Waals surface area (Å²) >= 11 is 1.20. The second-order valence-electron chi connectivity index (χ2n) is 4.24. The SMILES string of the molecule is Cc1cccnc1C(=O)NC(C)c1nc(C(=O)O)cs1. The maximum absolute atomic E-state index is 12.1. The molecule has 6 nitrogen and oxygen atoms in total. The van der Waals surface area contributed by atoms with Gasteiger partial charge in [-0.1, -0.05) is 6.07 Å². The Kier molecular flexibility index (Phi) is 4.09. The van der Waals surface area contributed by atoms with Crippen LogP contribution in [0.25, 0.3) is 0 Å². The van der Waals surface area contributed by atoms with Gasteiger partial charge in [0.25, 0.3) is 5.91 Å². The van der Waals surface area contributed by atoms with Crippen molar-refractivity contribution < 1.29 is 14.7 Å². The zero-order valence-corrected chi connectivity index (χ0v) is 11.8. The van der Waals surface area contributed by atoms with E-state index in [9.17, 15) is 9.59 Å². The van der Waals surface area contributed by atoms with Crippen molar-refractivity contribution in [3.05, 3.63) is 45.7 Å². The number of amides is 1. The van der Waals surface area contributed by atoms with E-state index < -0.39 is 5.97 Å². The van der Waals surface area contributed by atoms with Crippen molar-refractivity contribution in [1.29, 1.82) is 0 Å². The van der Waals surface area contributed by atoms with Gasteiger partial charge in [0.05, 0.1) is 6.04 Å². The molecule has 0 aliphatic rings. The molecule has 20 heavy (non-hydrogen) atoms. The summed E-state index contributed by atoms with van der Waals surface area (Å²) in [5, 5.41) is 13.6. The van der Waals surface area contributed by atoms with Gasteiger partial charge >= 0.3 is 5.97 Å². The number of carbonyl (C=O) groups excluding carboxylic acids is 1. The Balaban J connectivity index is 2.11. The molecule has 2 aromatic rings. The zero-order chi connectivity index (χ0) is 14.7. The Morgan fingerprint density at radius 1 is 1.45 bits per heavy atom. The number of rotatable bonds is 4. The number of carboxylic acid groups (broad SMARTS) is 1. The minimum Gasteiger partial charge on any atom is -0.476 e. The molecular formula is C13H13N3O3S. The monoisotopic (exact) mass is 291 g/mol. The van der Waals surface area contributed by atoms with Gasteiger partial charge < -0.3 is 10.4 Å². The van der Waals surface area contributed by atoms with Gasteiger partial charge in [0.15, 0.2) is 5.69 Å². The minimum absolute atomic E-state index is 0.0138. The van der Waals surface area contributed by atoms with Crippen molar-refractivity contribution in [3.63, 3.8) is 0 Å². The summed E-state index contributed by atoms with van der Waals surface area (Å²) in [4.78, 5) is 30.8. The van der Waals surface area contributed by atoms with Crippen molar-refractivity contribution in [3.8, 4) is 0 Å². The average Bonchev–Trinajstić information content (AvgIpc) is 2.88. The second-order valence-corrected chi connectivity index (χ2v) is 5.13. The van der Waals surface area contributed by atoms with Gasteiger partial charge in [-0.2, -0.15) is 0 Å². The van der Waals surface area contributed by atoms with E-state index in [0.717, 1.165) is 5.56 Å². The number of aryl methyl sites for hydroxylation is 1. The fourth-order valence-electron chi connectivity index (χ4n) is 1.63. The number of aromatic carboxylic acids is 1. The molecule has 0 saturated carbocycles. The number of hydrogen-bond acceptors (Lipinski definition) is 5. The largest absolute Gasteiger partial charge is 0.476 e. The highest BCUT2D eigenvalue weighted by Gasteiger charge is 2.18. The van der Waals surface area contributed by atoms with E-state index in [1.54, 1.807) is 32.2 Å². The molecule has 2 aromatic heterocycles. The fourth-order valence-corrected chi connectivity index (χ4v) is 2.43. The van der Waals surface area contributed by atoms with Gasteiger partial charge in [0, 0.05) is 11.6 Å². The molecule has 2 heterocycles. The summed E-state index contributed by atoms with van der Waals surface area (Å²) < 4.78 is 0. The molecule has 1 unspecified atom stereocenters. The van der Waals surface area contributed by atoms with Crippen LogP contribution in [0.1, 0.15) is 44.5 Å². The Morgan fingerprint density at radius 2 is 2.20 bits per heavy atom. The molecule has 7 heteroatoms. The normalized spacial score (nSPS) is 11.9. The molecule has 0 radical (unpaired) electrons. The van der Waals surface area contributed by atoms with Crippen LogP contribution in [-0.4, -0.2) is 27.0 Å². The highest BCUT2D eigenvalue weighted by Crippen LogP contribution is 2.18. The van der Waals surface area contributed by atoms with E-state index in [1.165, 1.54) is 16.7 Å². The zero-order valence-electron chi connectivity index (χ0n) is 11.0. The van der Waals surface area contributed by atoms with Gasteiger partial charge in [0.1, 0.15) is 10.7 Å².